The molecule has 1 aliphatic carbocycles. The molecule has 3 rings (SSSR count). The SMILES string of the molecule is Cc1cccc2nc(CCNC(=O)NC3CCC(C(=O)O)CC3)cn12.O=C(O)C(F)(F)F. The van der Waals surface area contributed by atoms with Gasteiger partial charge in [-0.1, -0.05) is 6.07 Å². The van der Waals surface area contributed by atoms with E-state index < -0.39 is 18.1 Å². The van der Waals surface area contributed by atoms with Crippen LogP contribution in [0.4, 0.5) is 18.0 Å². The fourth-order valence-corrected chi connectivity index (χ4v) is 3.34. The minimum absolute atomic E-state index is 0.0634. The number of aromatic nitrogens is 2. The number of nitrogens with zero attached hydrogens (tertiary/aromatic N) is 2. The Morgan fingerprint density at radius 2 is 1.78 bits per heavy atom. The number of carbonyl (C=O) groups is 3. The van der Waals surface area contributed by atoms with Gasteiger partial charge in [0.1, 0.15) is 5.65 Å². The summed E-state index contributed by atoms with van der Waals surface area (Å²) in [5, 5.41) is 21.9. The van der Waals surface area contributed by atoms with E-state index in [9.17, 15) is 22.8 Å². The van der Waals surface area contributed by atoms with E-state index in [1.54, 1.807) is 0 Å². The lowest BCUT2D eigenvalue weighted by molar-refractivity contribution is -0.192. The minimum Gasteiger partial charge on any atom is -0.481 e. The third-order valence-corrected chi connectivity index (χ3v) is 5.07. The zero-order chi connectivity index (χ0) is 23.9. The predicted octanol–water partition coefficient (Wildman–Crippen LogP) is 2.76. The number of halogens is 3. The molecule has 0 radical (unpaired) electrons. The first-order valence-electron chi connectivity index (χ1n) is 9.98. The van der Waals surface area contributed by atoms with E-state index in [2.05, 4.69) is 15.6 Å². The van der Waals surface area contributed by atoms with Crippen molar-refractivity contribution in [3.8, 4) is 0 Å². The van der Waals surface area contributed by atoms with Gasteiger partial charge in [0.2, 0.25) is 0 Å². The fraction of sp³-hybridized carbons (Fsp3) is 0.500. The third kappa shape index (κ3) is 7.43. The van der Waals surface area contributed by atoms with Crippen LogP contribution in [0.3, 0.4) is 0 Å². The molecular weight excluding hydrogens is 433 g/mol. The summed E-state index contributed by atoms with van der Waals surface area (Å²) in [7, 11) is 0. The summed E-state index contributed by atoms with van der Waals surface area (Å²) in [4.78, 5) is 36.4. The van der Waals surface area contributed by atoms with Crippen molar-refractivity contribution < 1.29 is 37.8 Å². The number of rotatable bonds is 5. The predicted molar refractivity (Wildman–Crippen MR) is 107 cm³/mol. The number of hydrogen-bond acceptors (Lipinski definition) is 4. The molecule has 0 aliphatic heterocycles. The molecule has 4 N–H and O–H groups in total. The van der Waals surface area contributed by atoms with Gasteiger partial charge >= 0.3 is 24.1 Å². The number of carboxylic acid groups (broad SMARTS) is 2. The molecule has 2 amide bonds. The second-order valence-corrected chi connectivity index (χ2v) is 7.47. The lowest BCUT2D eigenvalue weighted by Crippen LogP contribution is -2.44. The van der Waals surface area contributed by atoms with Gasteiger partial charge < -0.3 is 25.2 Å². The summed E-state index contributed by atoms with van der Waals surface area (Å²) >= 11 is 0. The van der Waals surface area contributed by atoms with Crippen molar-refractivity contribution in [3.63, 3.8) is 0 Å². The maximum absolute atomic E-state index is 12.0. The number of nitrogens with one attached hydrogen (secondary N) is 2. The summed E-state index contributed by atoms with van der Waals surface area (Å²) in [6, 6.07) is 5.84. The van der Waals surface area contributed by atoms with E-state index >= 15 is 0 Å². The standard InChI is InChI=1S/C18H24N4O3.C2HF3O2/c1-12-3-2-4-16-20-15(11-22(12)16)9-10-19-18(25)21-14-7-5-13(6-8-14)17(23)24;3-2(4,5)1(6)7/h2-4,11,13-14H,5-10H2,1H3,(H,23,24)(H2,19,21,25);(H,6,7). The van der Waals surface area contributed by atoms with Gasteiger partial charge in [-0.25, -0.2) is 14.6 Å². The van der Waals surface area contributed by atoms with Crippen LogP contribution in [-0.4, -0.2) is 56.3 Å². The van der Waals surface area contributed by atoms with Crippen molar-refractivity contribution in [1.29, 1.82) is 0 Å². The smallest absolute Gasteiger partial charge is 0.481 e. The number of carbonyl (C=O) groups excluding carboxylic acids is 1. The number of carboxylic acids is 2. The summed E-state index contributed by atoms with van der Waals surface area (Å²) in [6.07, 6.45) is 0.270. The number of urea groups is 1. The van der Waals surface area contributed by atoms with Crippen molar-refractivity contribution in [2.75, 3.05) is 6.54 Å². The van der Waals surface area contributed by atoms with E-state index in [4.69, 9.17) is 15.0 Å². The highest BCUT2D eigenvalue weighted by Gasteiger charge is 2.38. The van der Waals surface area contributed by atoms with Crippen LogP contribution in [0.15, 0.2) is 24.4 Å². The molecule has 1 saturated carbocycles. The molecular formula is C20H25F3N4O5. The van der Waals surface area contributed by atoms with Gasteiger partial charge in [0.05, 0.1) is 11.6 Å². The van der Waals surface area contributed by atoms with Gasteiger partial charge in [0.15, 0.2) is 0 Å². The molecule has 1 aliphatic rings. The van der Waals surface area contributed by atoms with Crippen molar-refractivity contribution in [1.82, 2.24) is 20.0 Å². The van der Waals surface area contributed by atoms with E-state index in [1.807, 2.05) is 35.7 Å². The molecule has 0 spiro atoms. The van der Waals surface area contributed by atoms with Gasteiger partial charge in [0.25, 0.3) is 0 Å². The Bertz CT molecular complexity index is 952. The number of imidazole rings is 1. The molecule has 32 heavy (non-hydrogen) atoms. The van der Waals surface area contributed by atoms with E-state index in [1.165, 1.54) is 0 Å². The molecule has 0 atom stereocenters. The number of fused-ring (bicyclic) bond motifs is 1. The first kappa shape index (κ1) is 25.0. The molecule has 0 aromatic carbocycles. The van der Waals surface area contributed by atoms with Gasteiger partial charge in [-0.15, -0.1) is 0 Å². The largest absolute Gasteiger partial charge is 0.490 e. The Kier molecular flexibility index (Phi) is 8.44. The van der Waals surface area contributed by atoms with Gasteiger partial charge in [-0.2, -0.15) is 13.2 Å². The number of aryl methyl sites for hydroxylation is 1. The molecule has 0 saturated heterocycles. The highest BCUT2D eigenvalue weighted by atomic mass is 19.4. The molecule has 9 nitrogen and oxygen atoms in total. The molecule has 2 aromatic heterocycles. The van der Waals surface area contributed by atoms with Crippen LogP contribution >= 0.6 is 0 Å². The van der Waals surface area contributed by atoms with Crippen LogP contribution in [-0.2, 0) is 16.0 Å². The van der Waals surface area contributed by atoms with Crippen LogP contribution in [0, 0.1) is 12.8 Å². The van der Waals surface area contributed by atoms with Crippen molar-refractivity contribution in [3.05, 3.63) is 35.8 Å². The summed E-state index contributed by atoms with van der Waals surface area (Å²) in [6.45, 7) is 2.54. The van der Waals surface area contributed by atoms with Gasteiger partial charge in [-0.05, 0) is 44.7 Å². The lowest BCUT2D eigenvalue weighted by atomic mass is 9.86. The second kappa shape index (κ2) is 10.8. The van der Waals surface area contributed by atoms with Crippen LogP contribution in [0.25, 0.3) is 5.65 Å². The Hall–Kier alpha value is -3.31. The number of amides is 2. The van der Waals surface area contributed by atoms with Crippen LogP contribution in [0.1, 0.15) is 37.1 Å². The van der Waals surface area contributed by atoms with Crippen LogP contribution in [0.2, 0.25) is 0 Å². The molecule has 0 bridgehead atoms. The average molecular weight is 458 g/mol. The van der Waals surface area contributed by atoms with Crippen LogP contribution < -0.4 is 10.6 Å². The zero-order valence-electron chi connectivity index (χ0n) is 17.4. The third-order valence-electron chi connectivity index (χ3n) is 5.07. The van der Waals surface area contributed by atoms with Gasteiger partial charge in [0, 0.05) is 30.9 Å². The van der Waals surface area contributed by atoms with Crippen molar-refractivity contribution >= 4 is 23.6 Å². The zero-order valence-corrected chi connectivity index (χ0v) is 17.4. The van der Waals surface area contributed by atoms with E-state index in [-0.39, 0.29) is 18.0 Å². The molecule has 176 valence electrons. The van der Waals surface area contributed by atoms with Crippen molar-refractivity contribution in [2.24, 2.45) is 5.92 Å². The first-order chi connectivity index (χ1) is 15.0. The van der Waals surface area contributed by atoms with Crippen molar-refractivity contribution in [2.45, 2.75) is 51.2 Å². The van der Waals surface area contributed by atoms with E-state index in [0.29, 0.717) is 25.8 Å². The molecule has 2 heterocycles. The Labute approximate surface area is 181 Å². The quantitative estimate of drug-likeness (QED) is 0.545. The highest BCUT2D eigenvalue weighted by Crippen LogP contribution is 2.24. The second-order valence-electron chi connectivity index (χ2n) is 7.47. The number of aliphatic carboxylic acids is 2. The number of pyridine rings is 1. The fourth-order valence-electron chi connectivity index (χ4n) is 3.34. The Morgan fingerprint density at radius 3 is 2.31 bits per heavy atom. The summed E-state index contributed by atoms with van der Waals surface area (Å²) in [5.74, 6) is -3.75. The maximum atomic E-state index is 12.0. The number of alkyl halides is 3. The van der Waals surface area contributed by atoms with E-state index in [0.717, 1.165) is 29.9 Å². The Balaban J connectivity index is 0.000000451. The molecule has 1 fully saturated rings. The normalized spacial score (nSPS) is 18.4. The highest BCUT2D eigenvalue weighted by molar-refractivity contribution is 5.74. The molecule has 0 unspecified atom stereocenters. The van der Waals surface area contributed by atoms with Gasteiger partial charge in [-0.3, -0.25) is 4.79 Å². The molecule has 12 heteroatoms. The summed E-state index contributed by atoms with van der Waals surface area (Å²) in [5.41, 5.74) is 2.98. The Morgan fingerprint density at radius 1 is 1.16 bits per heavy atom. The monoisotopic (exact) mass is 458 g/mol. The maximum Gasteiger partial charge on any atom is 0.490 e. The minimum atomic E-state index is -5.08. The topological polar surface area (TPSA) is 133 Å². The lowest BCUT2D eigenvalue weighted by Gasteiger charge is -2.26. The van der Waals surface area contributed by atoms with Crippen LogP contribution in [0.5, 0.6) is 0 Å². The number of hydrogen-bond donors (Lipinski definition) is 4. The molecule has 2 aromatic rings. The summed E-state index contributed by atoms with van der Waals surface area (Å²) < 4.78 is 33.8. The average Bonchev–Trinajstić information content (AvgIpc) is 3.12. The first-order valence-corrected chi connectivity index (χ1v) is 9.98.